The van der Waals surface area contributed by atoms with Gasteiger partial charge in [-0.15, -0.1) is 11.8 Å². The topological polar surface area (TPSA) is 59.4 Å². The molecule has 1 aromatic heterocycles. The van der Waals surface area contributed by atoms with Crippen molar-refractivity contribution in [2.45, 2.75) is 43.9 Å². The van der Waals surface area contributed by atoms with Crippen molar-refractivity contribution < 1.29 is 9.52 Å². The first-order valence-corrected chi connectivity index (χ1v) is 6.31. The van der Waals surface area contributed by atoms with Gasteiger partial charge in [0.05, 0.1) is 12.9 Å². The van der Waals surface area contributed by atoms with Gasteiger partial charge in [-0.1, -0.05) is 20.8 Å². The Morgan fingerprint density at radius 2 is 2.12 bits per heavy atom. The van der Waals surface area contributed by atoms with Crippen molar-refractivity contribution >= 4 is 11.8 Å². The van der Waals surface area contributed by atoms with Crippen LogP contribution in [0.3, 0.4) is 0 Å². The summed E-state index contributed by atoms with van der Waals surface area (Å²) in [6.07, 6.45) is 1.66. The maximum Gasteiger partial charge on any atom is 0.114 e. The minimum atomic E-state index is -0.0585. The quantitative estimate of drug-likeness (QED) is 0.797. The van der Waals surface area contributed by atoms with Crippen LogP contribution in [0.2, 0.25) is 0 Å². The van der Waals surface area contributed by atoms with Crippen molar-refractivity contribution in [3.63, 3.8) is 0 Å². The van der Waals surface area contributed by atoms with Gasteiger partial charge in [-0.05, 0) is 18.4 Å². The average molecular weight is 243 g/mol. The van der Waals surface area contributed by atoms with E-state index < -0.39 is 0 Å². The summed E-state index contributed by atoms with van der Waals surface area (Å²) in [5.41, 5.74) is 6.14. The average Bonchev–Trinajstić information content (AvgIpc) is 2.58. The highest BCUT2D eigenvalue weighted by atomic mass is 32.2. The lowest BCUT2D eigenvalue weighted by Gasteiger charge is -2.32. The second-order valence-corrected chi connectivity index (χ2v) is 6.35. The Labute approximate surface area is 101 Å². The summed E-state index contributed by atoms with van der Waals surface area (Å²) in [4.78, 5) is 1.05. The molecule has 0 amide bonds. The number of hydrogen-bond donors (Lipinski definition) is 2. The van der Waals surface area contributed by atoms with Crippen LogP contribution in [0, 0.1) is 12.3 Å². The smallest absolute Gasteiger partial charge is 0.114 e. The lowest BCUT2D eigenvalue weighted by molar-refractivity contribution is 0.233. The summed E-state index contributed by atoms with van der Waals surface area (Å²) in [6, 6.07) is 1.86. The van der Waals surface area contributed by atoms with E-state index in [0.717, 1.165) is 10.7 Å². The van der Waals surface area contributed by atoms with Gasteiger partial charge in [-0.2, -0.15) is 0 Å². The Hall–Kier alpha value is -0.450. The molecule has 0 aromatic carbocycles. The fourth-order valence-corrected chi connectivity index (χ4v) is 2.74. The molecule has 92 valence electrons. The highest BCUT2D eigenvalue weighted by molar-refractivity contribution is 8.00. The molecule has 0 aliphatic rings. The Kier molecular flexibility index (Phi) is 4.47. The number of aryl methyl sites for hydroxylation is 1. The van der Waals surface area contributed by atoms with Crippen LogP contribution >= 0.6 is 11.8 Å². The summed E-state index contributed by atoms with van der Waals surface area (Å²) >= 11 is 1.59. The van der Waals surface area contributed by atoms with Crippen LogP contribution in [0.4, 0.5) is 0 Å². The zero-order chi connectivity index (χ0) is 12.3. The second kappa shape index (κ2) is 5.25. The van der Waals surface area contributed by atoms with E-state index >= 15 is 0 Å². The maximum atomic E-state index is 9.42. The third kappa shape index (κ3) is 3.27. The van der Waals surface area contributed by atoms with Crippen LogP contribution in [0.5, 0.6) is 0 Å². The molecule has 3 nitrogen and oxygen atoms in total. The molecule has 2 atom stereocenters. The van der Waals surface area contributed by atoms with Gasteiger partial charge in [-0.25, -0.2) is 0 Å². The Morgan fingerprint density at radius 3 is 2.50 bits per heavy atom. The second-order valence-electron chi connectivity index (χ2n) is 5.07. The number of thioether (sulfide) groups is 1. The molecule has 0 radical (unpaired) electrons. The predicted octanol–water partition coefficient (Wildman–Crippen LogP) is 2.41. The molecule has 0 aliphatic heterocycles. The van der Waals surface area contributed by atoms with Crippen molar-refractivity contribution in [1.82, 2.24) is 0 Å². The van der Waals surface area contributed by atoms with E-state index in [-0.39, 0.29) is 23.3 Å². The van der Waals surface area contributed by atoms with Gasteiger partial charge in [0.25, 0.3) is 0 Å². The summed E-state index contributed by atoms with van der Waals surface area (Å²) in [5.74, 6) is 0.879. The lowest BCUT2D eigenvalue weighted by Crippen LogP contribution is -2.45. The number of furan rings is 1. The van der Waals surface area contributed by atoms with Crippen molar-refractivity contribution in [1.29, 1.82) is 0 Å². The fraction of sp³-hybridized carbons (Fsp3) is 0.667. The van der Waals surface area contributed by atoms with E-state index in [2.05, 4.69) is 20.8 Å². The summed E-state index contributed by atoms with van der Waals surface area (Å²) in [5, 5.41) is 9.41. The first kappa shape index (κ1) is 13.6. The molecule has 3 N–H and O–H groups in total. The van der Waals surface area contributed by atoms with Crippen molar-refractivity contribution in [3.05, 3.63) is 18.1 Å². The van der Waals surface area contributed by atoms with Gasteiger partial charge < -0.3 is 15.3 Å². The zero-order valence-electron chi connectivity index (χ0n) is 10.4. The number of aliphatic hydroxyl groups excluding tert-OH is 1. The molecule has 1 rings (SSSR count). The highest BCUT2D eigenvalue weighted by Gasteiger charge is 2.29. The molecule has 1 heterocycles. The minimum Gasteiger partial charge on any atom is -0.468 e. The van der Waals surface area contributed by atoms with E-state index in [1.54, 1.807) is 18.0 Å². The van der Waals surface area contributed by atoms with Crippen LogP contribution in [0.15, 0.2) is 21.6 Å². The lowest BCUT2D eigenvalue weighted by atomic mass is 9.85. The third-order valence-electron chi connectivity index (χ3n) is 2.67. The molecular formula is C12H21NO2S. The monoisotopic (exact) mass is 243 g/mol. The van der Waals surface area contributed by atoms with Crippen LogP contribution in [-0.4, -0.2) is 23.0 Å². The summed E-state index contributed by atoms with van der Waals surface area (Å²) in [6.45, 7) is 8.25. The summed E-state index contributed by atoms with van der Waals surface area (Å²) < 4.78 is 5.23. The van der Waals surface area contributed by atoms with Gasteiger partial charge in [0.1, 0.15) is 5.76 Å². The van der Waals surface area contributed by atoms with Gasteiger partial charge in [-0.3, -0.25) is 0 Å². The Morgan fingerprint density at radius 1 is 1.50 bits per heavy atom. The first-order chi connectivity index (χ1) is 7.36. The molecule has 0 saturated heterocycles. The molecule has 0 spiro atoms. The van der Waals surface area contributed by atoms with Gasteiger partial charge >= 0.3 is 0 Å². The van der Waals surface area contributed by atoms with E-state index in [0.29, 0.717) is 0 Å². The number of aliphatic hydroxyl groups is 1. The Balaban J connectivity index is 2.73. The van der Waals surface area contributed by atoms with Crippen molar-refractivity contribution in [3.8, 4) is 0 Å². The molecule has 4 heteroatoms. The molecule has 0 saturated carbocycles. The van der Waals surface area contributed by atoms with Crippen molar-refractivity contribution in [2.75, 3.05) is 6.61 Å². The Bertz CT molecular complexity index is 330. The van der Waals surface area contributed by atoms with Gasteiger partial charge in [0, 0.05) is 16.2 Å². The molecule has 16 heavy (non-hydrogen) atoms. The maximum absolute atomic E-state index is 9.42. The van der Waals surface area contributed by atoms with E-state index in [1.165, 1.54) is 0 Å². The predicted molar refractivity (Wildman–Crippen MR) is 67.6 cm³/mol. The molecule has 1 aromatic rings. The standard InChI is InChI=1S/C12H21NO2S/c1-8-9(5-6-15-8)16-10(7-14)11(13)12(2,3)4/h5-6,10-11,14H,7,13H2,1-4H3. The first-order valence-electron chi connectivity index (χ1n) is 5.43. The van der Waals surface area contributed by atoms with E-state index in [1.807, 2.05) is 13.0 Å². The van der Waals surface area contributed by atoms with Crippen molar-refractivity contribution in [2.24, 2.45) is 11.1 Å². The van der Waals surface area contributed by atoms with Gasteiger partial charge in [0.15, 0.2) is 0 Å². The van der Waals surface area contributed by atoms with Crippen LogP contribution in [0.1, 0.15) is 26.5 Å². The van der Waals surface area contributed by atoms with Crippen LogP contribution in [0.25, 0.3) is 0 Å². The molecular weight excluding hydrogens is 222 g/mol. The number of hydrogen-bond acceptors (Lipinski definition) is 4. The SMILES string of the molecule is Cc1occc1SC(CO)C(N)C(C)(C)C. The molecule has 0 bridgehead atoms. The van der Waals surface area contributed by atoms with E-state index in [4.69, 9.17) is 10.2 Å². The highest BCUT2D eigenvalue weighted by Crippen LogP contribution is 2.33. The third-order valence-corrected chi connectivity index (χ3v) is 4.09. The fourth-order valence-electron chi connectivity index (χ4n) is 1.44. The van der Waals surface area contributed by atoms with Gasteiger partial charge in [0.2, 0.25) is 0 Å². The number of nitrogens with two attached hydrogens (primary N) is 1. The van der Waals surface area contributed by atoms with Crippen LogP contribution in [-0.2, 0) is 0 Å². The number of rotatable bonds is 4. The molecule has 0 aliphatic carbocycles. The molecule has 0 fully saturated rings. The normalized spacial score (nSPS) is 16.1. The largest absolute Gasteiger partial charge is 0.468 e. The zero-order valence-corrected chi connectivity index (χ0v) is 11.2. The molecule has 2 unspecified atom stereocenters. The van der Waals surface area contributed by atoms with Crippen LogP contribution < -0.4 is 5.73 Å². The summed E-state index contributed by atoms with van der Waals surface area (Å²) in [7, 11) is 0. The minimum absolute atomic E-state index is 0.00343. The van der Waals surface area contributed by atoms with E-state index in [9.17, 15) is 5.11 Å².